The number of benzene rings is 3. The van der Waals surface area contributed by atoms with E-state index in [1.807, 2.05) is 6.92 Å². The zero-order valence-corrected chi connectivity index (χ0v) is 18.6. The molecule has 0 aliphatic carbocycles. The van der Waals surface area contributed by atoms with Gasteiger partial charge >= 0.3 is 0 Å². The molecule has 0 aromatic heterocycles. The molecule has 7 nitrogen and oxygen atoms in total. The van der Waals surface area contributed by atoms with Crippen LogP contribution in [0, 0.1) is 5.82 Å². The average molecular weight is 459 g/mol. The van der Waals surface area contributed by atoms with Crippen LogP contribution in [-0.2, 0) is 14.4 Å². The fraction of sp³-hybridized carbons (Fsp3) is 0.115. The lowest BCUT2D eigenvalue weighted by molar-refractivity contribution is -0.120. The Bertz CT molecular complexity index is 1270. The first-order valence-corrected chi connectivity index (χ1v) is 10.6. The molecule has 0 spiro atoms. The SMILES string of the molecule is CCOc1ccc(C2=C(Nc3ccc(NC(C)=O)cc3)C(=O)N(c3ccc(F)cc3)C2=O)cc1. The summed E-state index contributed by atoms with van der Waals surface area (Å²) in [5.41, 5.74) is 2.21. The zero-order chi connectivity index (χ0) is 24.2. The van der Waals surface area contributed by atoms with Gasteiger partial charge in [0, 0.05) is 18.3 Å². The molecule has 0 saturated carbocycles. The summed E-state index contributed by atoms with van der Waals surface area (Å²) < 4.78 is 18.9. The molecule has 34 heavy (non-hydrogen) atoms. The van der Waals surface area contributed by atoms with Gasteiger partial charge in [-0.15, -0.1) is 0 Å². The first-order valence-electron chi connectivity index (χ1n) is 10.6. The Balaban J connectivity index is 1.73. The van der Waals surface area contributed by atoms with Crippen LogP contribution < -0.4 is 20.3 Å². The Morgan fingerprint density at radius 1 is 0.882 bits per heavy atom. The van der Waals surface area contributed by atoms with Gasteiger partial charge < -0.3 is 15.4 Å². The zero-order valence-electron chi connectivity index (χ0n) is 18.6. The highest BCUT2D eigenvalue weighted by atomic mass is 19.1. The van der Waals surface area contributed by atoms with Crippen molar-refractivity contribution in [2.45, 2.75) is 13.8 Å². The summed E-state index contributed by atoms with van der Waals surface area (Å²) in [5.74, 6) is -1.13. The van der Waals surface area contributed by atoms with Gasteiger partial charge in [-0.1, -0.05) is 12.1 Å². The second-order valence-corrected chi connectivity index (χ2v) is 7.51. The summed E-state index contributed by atoms with van der Waals surface area (Å²) in [5, 5.41) is 5.72. The summed E-state index contributed by atoms with van der Waals surface area (Å²) in [6.45, 7) is 3.78. The number of hydrogen-bond donors (Lipinski definition) is 2. The highest BCUT2D eigenvalue weighted by molar-refractivity contribution is 6.46. The maximum absolute atomic E-state index is 13.4. The standard InChI is InChI=1S/C26H22FN3O4/c1-3-34-22-14-4-17(5-15-22)23-24(29-20-10-8-19(9-11-20)28-16(2)31)26(33)30(25(23)32)21-12-6-18(27)7-13-21/h4-15,29H,3H2,1-2H3,(H,28,31). The van der Waals surface area contributed by atoms with Crippen molar-refractivity contribution in [2.75, 3.05) is 22.1 Å². The number of carbonyl (C=O) groups is 3. The van der Waals surface area contributed by atoms with Gasteiger partial charge in [-0.2, -0.15) is 0 Å². The number of nitrogens with one attached hydrogen (secondary N) is 2. The maximum Gasteiger partial charge on any atom is 0.282 e. The van der Waals surface area contributed by atoms with Gasteiger partial charge in [-0.05, 0) is 73.2 Å². The van der Waals surface area contributed by atoms with Crippen LogP contribution in [-0.4, -0.2) is 24.3 Å². The van der Waals surface area contributed by atoms with Crippen LogP contribution in [0.1, 0.15) is 19.4 Å². The molecule has 0 unspecified atom stereocenters. The molecule has 0 saturated heterocycles. The number of anilines is 3. The molecule has 0 fully saturated rings. The lowest BCUT2D eigenvalue weighted by atomic mass is 10.0. The van der Waals surface area contributed by atoms with Gasteiger partial charge in [0.25, 0.3) is 11.8 Å². The molecule has 8 heteroatoms. The van der Waals surface area contributed by atoms with Crippen LogP contribution in [0.4, 0.5) is 21.5 Å². The molecule has 3 aromatic carbocycles. The number of nitrogens with zero attached hydrogens (tertiary/aromatic N) is 1. The predicted molar refractivity (Wildman–Crippen MR) is 128 cm³/mol. The fourth-order valence-electron chi connectivity index (χ4n) is 3.61. The Labute approximate surface area is 195 Å². The highest BCUT2D eigenvalue weighted by Crippen LogP contribution is 2.34. The topological polar surface area (TPSA) is 87.7 Å². The van der Waals surface area contributed by atoms with Gasteiger partial charge in [0.2, 0.25) is 5.91 Å². The molecule has 1 aliphatic rings. The summed E-state index contributed by atoms with van der Waals surface area (Å²) >= 11 is 0. The summed E-state index contributed by atoms with van der Waals surface area (Å²) in [7, 11) is 0. The third kappa shape index (κ3) is 4.66. The van der Waals surface area contributed by atoms with Crippen molar-refractivity contribution < 1.29 is 23.5 Å². The minimum Gasteiger partial charge on any atom is -0.494 e. The fourth-order valence-corrected chi connectivity index (χ4v) is 3.61. The van der Waals surface area contributed by atoms with Gasteiger partial charge in [0.15, 0.2) is 0 Å². The van der Waals surface area contributed by atoms with E-state index in [-0.39, 0.29) is 22.9 Å². The van der Waals surface area contributed by atoms with Crippen LogP contribution in [0.2, 0.25) is 0 Å². The van der Waals surface area contributed by atoms with E-state index in [4.69, 9.17) is 4.74 Å². The van der Waals surface area contributed by atoms with E-state index in [0.29, 0.717) is 29.3 Å². The minimum atomic E-state index is -0.563. The molecule has 1 heterocycles. The first-order chi connectivity index (χ1) is 16.4. The van der Waals surface area contributed by atoms with E-state index in [2.05, 4.69) is 10.6 Å². The second kappa shape index (κ2) is 9.58. The number of hydrogen-bond acceptors (Lipinski definition) is 5. The van der Waals surface area contributed by atoms with Gasteiger partial charge in [-0.3, -0.25) is 14.4 Å². The van der Waals surface area contributed by atoms with Crippen molar-refractivity contribution >= 4 is 40.4 Å². The molecule has 3 amide bonds. The van der Waals surface area contributed by atoms with Crippen molar-refractivity contribution in [2.24, 2.45) is 0 Å². The Hall–Kier alpha value is -4.46. The van der Waals surface area contributed by atoms with Crippen LogP contribution in [0.15, 0.2) is 78.5 Å². The number of halogens is 1. The summed E-state index contributed by atoms with van der Waals surface area (Å²) in [6, 6.07) is 18.8. The molecule has 1 aliphatic heterocycles. The van der Waals surface area contributed by atoms with E-state index in [1.54, 1.807) is 48.5 Å². The second-order valence-electron chi connectivity index (χ2n) is 7.51. The number of carbonyl (C=O) groups excluding carboxylic acids is 3. The third-order valence-corrected chi connectivity index (χ3v) is 5.10. The Morgan fingerprint density at radius 3 is 2.09 bits per heavy atom. The van der Waals surface area contributed by atoms with E-state index >= 15 is 0 Å². The van der Waals surface area contributed by atoms with Crippen LogP contribution >= 0.6 is 0 Å². The molecule has 3 aromatic rings. The number of imide groups is 1. The first kappa shape index (κ1) is 22.7. The summed E-state index contributed by atoms with van der Waals surface area (Å²) in [4.78, 5) is 39.1. The quantitative estimate of drug-likeness (QED) is 0.505. The van der Waals surface area contributed by atoms with Crippen molar-refractivity contribution in [1.82, 2.24) is 0 Å². The monoisotopic (exact) mass is 459 g/mol. The molecule has 0 atom stereocenters. The van der Waals surface area contributed by atoms with E-state index in [0.717, 1.165) is 4.90 Å². The normalized spacial score (nSPS) is 13.3. The molecule has 4 rings (SSSR count). The lowest BCUT2D eigenvalue weighted by Crippen LogP contribution is -2.32. The molecule has 2 N–H and O–H groups in total. The average Bonchev–Trinajstić information content (AvgIpc) is 3.05. The van der Waals surface area contributed by atoms with E-state index in [1.165, 1.54) is 31.2 Å². The number of ether oxygens (including phenoxy) is 1. The van der Waals surface area contributed by atoms with Crippen molar-refractivity contribution in [3.8, 4) is 5.75 Å². The third-order valence-electron chi connectivity index (χ3n) is 5.10. The highest BCUT2D eigenvalue weighted by Gasteiger charge is 2.40. The molecule has 0 bridgehead atoms. The minimum absolute atomic E-state index is 0.0887. The Kier molecular flexibility index (Phi) is 6.40. The van der Waals surface area contributed by atoms with Crippen LogP contribution in [0.25, 0.3) is 5.57 Å². The lowest BCUT2D eigenvalue weighted by Gasteiger charge is -2.15. The smallest absolute Gasteiger partial charge is 0.282 e. The van der Waals surface area contributed by atoms with Crippen molar-refractivity contribution in [1.29, 1.82) is 0 Å². The van der Waals surface area contributed by atoms with E-state index < -0.39 is 17.6 Å². The van der Waals surface area contributed by atoms with Gasteiger partial charge in [-0.25, -0.2) is 9.29 Å². The molecular formula is C26H22FN3O4. The molecular weight excluding hydrogens is 437 g/mol. The summed E-state index contributed by atoms with van der Waals surface area (Å²) in [6.07, 6.45) is 0. The largest absolute Gasteiger partial charge is 0.494 e. The van der Waals surface area contributed by atoms with Gasteiger partial charge in [0.1, 0.15) is 17.3 Å². The maximum atomic E-state index is 13.4. The van der Waals surface area contributed by atoms with Gasteiger partial charge in [0.05, 0.1) is 17.9 Å². The van der Waals surface area contributed by atoms with Crippen LogP contribution in [0.5, 0.6) is 5.75 Å². The predicted octanol–water partition coefficient (Wildman–Crippen LogP) is 4.58. The van der Waals surface area contributed by atoms with Crippen LogP contribution in [0.3, 0.4) is 0 Å². The Morgan fingerprint density at radius 2 is 1.50 bits per heavy atom. The number of rotatable bonds is 7. The molecule has 172 valence electrons. The molecule has 0 radical (unpaired) electrons. The van der Waals surface area contributed by atoms with Crippen molar-refractivity contribution in [3.63, 3.8) is 0 Å². The van der Waals surface area contributed by atoms with E-state index in [9.17, 15) is 18.8 Å². The number of amides is 3. The van der Waals surface area contributed by atoms with Crippen molar-refractivity contribution in [3.05, 3.63) is 89.9 Å².